The largest absolute Gasteiger partial charge is 0.378 e. The predicted molar refractivity (Wildman–Crippen MR) is 151 cm³/mol. The highest BCUT2D eigenvalue weighted by Crippen LogP contribution is 2.18. The van der Waals surface area contributed by atoms with Crippen LogP contribution in [0.15, 0.2) is 63.9 Å². The minimum Gasteiger partial charge on any atom is -0.378 e. The summed E-state index contributed by atoms with van der Waals surface area (Å²) in [4.78, 5) is 24.0. The second kappa shape index (κ2) is 20.0. The Hall–Kier alpha value is -2.60. The second-order valence-corrected chi connectivity index (χ2v) is 7.33. The predicted octanol–water partition coefficient (Wildman–Crippen LogP) is 6.73. The highest BCUT2D eigenvalue weighted by molar-refractivity contribution is 7.98. The number of allylic oxidation sites excluding steroid dienone is 7. The average Bonchev–Trinajstić information content (AvgIpc) is 2.85. The van der Waals surface area contributed by atoms with Crippen molar-refractivity contribution in [3.05, 3.63) is 71.1 Å². The van der Waals surface area contributed by atoms with E-state index < -0.39 is 0 Å². The summed E-state index contributed by atoms with van der Waals surface area (Å²) < 4.78 is 1.66. The Morgan fingerprint density at radius 3 is 2.27 bits per heavy atom. The van der Waals surface area contributed by atoms with Crippen LogP contribution in [0.4, 0.5) is 0 Å². The quantitative estimate of drug-likeness (QED) is 0.215. The molecule has 6 heteroatoms. The molecule has 0 aliphatic rings. The van der Waals surface area contributed by atoms with Crippen molar-refractivity contribution in [1.82, 2.24) is 14.5 Å². The summed E-state index contributed by atoms with van der Waals surface area (Å²) in [6.45, 7) is 20.8. The van der Waals surface area contributed by atoms with Crippen molar-refractivity contribution in [2.45, 2.75) is 59.3 Å². The Morgan fingerprint density at radius 2 is 1.85 bits per heavy atom. The van der Waals surface area contributed by atoms with Crippen LogP contribution in [0.5, 0.6) is 0 Å². The van der Waals surface area contributed by atoms with Crippen LogP contribution in [0.25, 0.3) is 11.8 Å². The van der Waals surface area contributed by atoms with Gasteiger partial charge in [0.1, 0.15) is 5.82 Å². The second-order valence-electron chi connectivity index (χ2n) is 6.51. The molecular weight excluding hydrogens is 428 g/mol. The van der Waals surface area contributed by atoms with Crippen LogP contribution >= 0.6 is 11.8 Å². The molecule has 0 atom stereocenters. The van der Waals surface area contributed by atoms with Gasteiger partial charge in [-0.1, -0.05) is 53.0 Å². The SMILES string of the molecule is C=C/C=C(\C=C/CC)n1c(CC)nc(C=C)c(SC)c1=O.CC.CCN(C)/C(C)=C/C=NC. The molecule has 184 valence electrons. The number of thioether (sulfide) groups is 1. The van der Waals surface area contributed by atoms with E-state index in [4.69, 9.17) is 0 Å². The van der Waals surface area contributed by atoms with Gasteiger partial charge in [0.15, 0.2) is 0 Å². The van der Waals surface area contributed by atoms with Crippen LogP contribution in [0.1, 0.15) is 59.5 Å². The minimum atomic E-state index is -0.0573. The first-order chi connectivity index (χ1) is 15.9. The first-order valence-electron chi connectivity index (χ1n) is 11.5. The van der Waals surface area contributed by atoms with E-state index in [0.29, 0.717) is 17.0 Å². The van der Waals surface area contributed by atoms with Crippen LogP contribution in [-0.4, -0.2) is 47.6 Å². The number of aliphatic imine (C=N–C) groups is 1. The van der Waals surface area contributed by atoms with Gasteiger partial charge in [-0.2, -0.15) is 0 Å². The molecule has 0 amide bonds. The molecular formula is C27H44N4OS. The molecule has 0 aliphatic carbocycles. The van der Waals surface area contributed by atoms with E-state index in [-0.39, 0.29) is 5.56 Å². The molecule has 0 unspecified atom stereocenters. The van der Waals surface area contributed by atoms with Crippen molar-refractivity contribution in [3.63, 3.8) is 0 Å². The molecule has 0 fully saturated rings. The van der Waals surface area contributed by atoms with Gasteiger partial charge >= 0.3 is 0 Å². The van der Waals surface area contributed by atoms with Crippen LogP contribution in [0.2, 0.25) is 0 Å². The van der Waals surface area contributed by atoms with E-state index in [1.807, 2.05) is 57.5 Å². The zero-order chi connectivity index (χ0) is 25.8. The van der Waals surface area contributed by atoms with Crippen LogP contribution in [0, 0.1) is 0 Å². The number of hydrogen-bond acceptors (Lipinski definition) is 5. The number of nitrogens with zero attached hydrogens (tertiary/aromatic N) is 4. The van der Waals surface area contributed by atoms with Gasteiger partial charge in [0.2, 0.25) is 0 Å². The average molecular weight is 473 g/mol. The molecule has 1 rings (SSSR count). The molecule has 0 aliphatic heterocycles. The van der Waals surface area contributed by atoms with Gasteiger partial charge in [-0.25, -0.2) is 4.98 Å². The van der Waals surface area contributed by atoms with Crippen molar-refractivity contribution in [3.8, 4) is 0 Å². The van der Waals surface area contributed by atoms with Gasteiger partial charge in [0.25, 0.3) is 5.56 Å². The topological polar surface area (TPSA) is 50.5 Å². The zero-order valence-corrected chi connectivity index (χ0v) is 23.0. The third-order valence-electron chi connectivity index (χ3n) is 4.46. The van der Waals surface area contributed by atoms with E-state index in [9.17, 15) is 4.79 Å². The Kier molecular flexibility index (Phi) is 19.8. The maximum Gasteiger partial charge on any atom is 0.272 e. The molecule has 5 nitrogen and oxygen atoms in total. The van der Waals surface area contributed by atoms with E-state index in [2.05, 4.69) is 55.9 Å². The van der Waals surface area contributed by atoms with E-state index in [0.717, 1.165) is 24.5 Å². The Bertz CT molecular complexity index is 892. The Labute approximate surface area is 206 Å². The lowest BCUT2D eigenvalue weighted by atomic mass is 10.2. The standard InChI is InChI=1S/C17H22N2OS.C8H16N2.C2H6/c1-6-10-12-13(11-7-2)19-15(9-4)18-14(8-3)16(21-5)17(19)20;1-5-10(4)8(2)6-7-9-3;1-2/h7-8,10-12H,2-3,6,9H2,1,4-5H3;6-7H,5H2,1-4H3;1-2H3/b12-10-,13-11+;8-6+,9-7?;. The number of hydrogen-bond donors (Lipinski definition) is 0. The monoisotopic (exact) mass is 472 g/mol. The fourth-order valence-electron chi connectivity index (χ4n) is 2.52. The van der Waals surface area contributed by atoms with E-state index in [1.54, 1.807) is 23.8 Å². The molecule has 0 saturated heterocycles. The lowest BCUT2D eigenvalue weighted by Gasteiger charge is -2.15. The summed E-state index contributed by atoms with van der Waals surface area (Å²) >= 11 is 1.40. The molecule has 1 aromatic heterocycles. The summed E-state index contributed by atoms with van der Waals surface area (Å²) in [7, 11) is 3.84. The van der Waals surface area contributed by atoms with E-state index >= 15 is 0 Å². The maximum absolute atomic E-state index is 12.8. The molecule has 0 aromatic carbocycles. The van der Waals surface area contributed by atoms with Gasteiger partial charge in [-0.15, -0.1) is 11.8 Å². The van der Waals surface area contributed by atoms with Gasteiger partial charge in [-0.05, 0) is 50.8 Å². The molecule has 0 spiro atoms. The summed E-state index contributed by atoms with van der Waals surface area (Å²) in [6.07, 6.45) is 16.3. The van der Waals surface area contributed by atoms with Crippen molar-refractivity contribution in [2.24, 2.45) is 4.99 Å². The van der Waals surface area contributed by atoms with Gasteiger partial charge < -0.3 is 4.90 Å². The van der Waals surface area contributed by atoms with Crippen molar-refractivity contribution in [1.29, 1.82) is 0 Å². The number of aromatic nitrogens is 2. The van der Waals surface area contributed by atoms with Crippen molar-refractivity contribution >= 4 is 29.7 Å². The van der Waals surface area contributed by atoms with Crippen molar-refractivity contribution < 1.29 is 0 Å². The number of aryl methyl sites for hydroxylation is 1. The Morgan fingerprint density at radius 1 is 1.21 bits per heavy atom. The van der Waals surface area contributed by atoms with Crippen molar-refractivity contribution in [2.75, 3.05) is 26.9 Å². The summed E-state index contributed by atoms with van der Waals surface area (Å²) in [5.74, 6) is 0.724. The molecule has 33 heavy (non-hydrogen) atoms. The van der Waals surface area contributed by atoms with Crippen LogP contribution in [0.3, 0.4) is 0 Å². The van der Waals surface area contributed by atoms with E-state index in [1.165, 1.54) is 17.5 Å². The molecule has 0 N–H and O–H groups in total. The van der Waals surface area contributed by atoms with Gasteiger partial charge in [-0.3, -0.25) is 14.4 Å². The third-order valence-corrected chi connectivity index (χ3v) is 5.26. The highest BCUT2D eigenvalue weighted by Gasteiger charge is 2.15. The lowest BCUT2D eigenvalue weighted by Crippen LogP contribution is -2.26. The van der Waals surface area contributed by atoms with Crippen LogP contribution in [-0.2, 0) is 6.42 Å². The normalized spacial score (nSPS) is 11.5. The third kappa shape index (κ3) is 11.2. The molecule has 0 radical (unpaired) electrons. The summed E-state index contributed by atoms with van der Waals surface area (Å²) in [6, 6.07) is 0. The summed E-state index contributed by atoms with van der Waals surface area (Å²) in [5.41, 5.74) is 2.62. The minimum absolute atomic E-state index is 0.0573. The smallest absolute Gasteiger partial charge is 0.272 e. The van der Waals surface area contributed by atoms with Gasteiger partial charge in [0, 0.05) is 39.0 Å². The first-order valence-corrected chi connectivity index (χ1v) is 12.7. The van der Waals surface area contributed by atoms with Gasteiger partial charge in [0.05, 0.1) is 16.3 Å². The zero-order valence-electron chi connectivity index (χ0n) is 22.2. The first kappa shape index (κ1) is 32.6. The molecule has 0 bridgehead atoms. The maximum atomic E-state index is 12.8. The number of rotatable bonds is 10. The summed E-state index contributed by atoms with van der Waals surface area (Å²) in [5, 5.41) is 0. The Balaban J connectivity index is 0. The fourth-order valence-corrected chi connectivity index (χ4v) is 3.13. The highest BCUT2D eigenvalue weighted by atomic mass is 32.2. The molecule has 0 saturated carbocycles. The van der Waals surface area contributed by atoms with Crippen LogP contribution < -0.4 is 5.56 Å². The molecule has 1 aromatic rings. The molecule has 1 heterocycles. The fraction of sp³-hybridized carbons (Fsp3) is 0.444. The lowest BCUT2D eigenvalue weighted by molar-refractivity contribution is 0.444.